The molecule has 1 amide bonds. The number of amides is 1. The van der Waals surface area contributed by atoms with Crippen LogP contribution in [0.15, 0.2) is 6.20 Å². The molecule has 4 nitrogen and oxygen atoms in total. The molecule has 1 rings (SSSR count). The predicted molar refractivity (Wildman–Crippen MR) is 64.4 cm³/mol. The zero-order valence-electron chi connectivity index (χ0n) is 10.6. The molecule has 1 atom stereocenters. The smallest absolute Gasteiger partial charge is 0.257 e. The predicted octanol–water partition coefficient (Wildman–Crippen LogP) is 2.23. The highest BCUT2D eigenvalue weighted by Crippen LogP contribution is 2.11. The molecule has 0 aliphatic heterocycles. The molecule has 1 aromatic rings. The molecule has 0 fully saturated rings. The number of hydrogen-bond donors (Lipinski definition) is 1. The van der Waals surface area contributed by atoms with E-state index in [2.05, 4.69) is 24.0 Å². The minimum Gasteiger partial charge on any atom is -0.339 e. The maximum Gasteiger partial charge on any atom is 0.257 e. The number of nitrogens with one attached hydrogen (secondary N) is 1. The molecule has 1 heterocycles. The highest BCUT2D eigenvalue weighted by atomic mass is 16.2. The number of hydrogen-bond acceptors (Lipinski definition) is 2. The van der Waals surface area contributed by atoms with Gasteiger partial charge in [-0.25, -0.2) is 0 Å². The van der Waals surface area contributed by atoms with Gasteiger partial charge >= 0.3 is 0 Å². The molecule has 0 saturated carbocycles. The first-order valence-electron chi connectivity index (χ1n) is 5.89. The fourth-order valence-corrected chi connectivity index (χ4v) is 1.60. The van der Waals surface area contributed by atoms with Crippen LogP contribution >= 0.6 is 0 Å². The summed E-state index contributed by atoms with van der Waals surface area (Å²) >= 11 is 0. The van der Waals surface area contributed by atoms with Crippen LogP contribution in [0, 0.1) is 12.8 Å². The minimum absolute atomic E-state index is 0.0778. The molecule has 1 unspecified atom stereocenters. The van der Waals surface area contributed by atoms with E-state index in [0.717, 1.165) is 25.2 Å². The van der Waals surface area contributed by atoms with Crippen molar-refractivity contribution in [2.45, 2.75) is 34.1 Å². The summed E-state index contributed by atoms with van der Waals surface area (Å²) in [4.78, 5) is 14.1. The van der Waals surface area contributed by atoms with Crippen molar-refractivity contribution < 1.29 is 4.79 Å². The lowest BCUT2D eigenvalue weighted by Crippen LogP contribution is -2.34. The highest BCUT2D eigenvalue weighted by Gasteiger charge is 2.18. The van der Waals surface area contributed by atoms with E-state index in [4.69, 9.17) is 0 Å². The quantitative estimate of drug-likeness (QED) is 0.832. The number of H-pyrrole nitrogens is 1. The van der Waals surface area contributed by atoms with Gasteiger partial charge in [0.25, 0.3) is 5.91 Å². The molecule has 0 radical (unpaired) electrons. The topological polar surface area (TPSA) is 49.0 Å². The van der Waals surface area contributed by atoms with Crippen molar-refractivity contribution in [3.05, 3.63) is 17.5 Å². The summed E-state index contributed by atoms with van der Waals surface area (Å²) in [5.41, 5.74) is 1.53. The lowest BCUT2D eigenvalue weighted by molar-refractivity contribution is 0.0740. The van der Waals surface area contributed by atoms with E-state index in [-0.39, 0.29) is 5.91 Å². The third kappa shape index (κ3) is 2.84. The standard InChI is InChI=1S/C12H21N3O/c1-5-9(3)8-15(6-2)12(16)11-7-13-14-10(11)4/h7,9H,5-6,8H2,1-4H3,(H,13,14). The Morgan fingerprint density at radius 2 is 2.25 bits per heavy atom. The molecular formula is C12H21N3O. The summed E-state index contributed by atoms with van der Waals surface area (Å²) < 4.78 is 0. The lowest BCUT2D eigenvalue weighted by atomic mass is 10.1. The van der Waals surface area contributed by atoms with Gasteiger partial charge in [-0.05, 0) is 19.8 Å². The van der Waals surface area contributed by atoms with Crippen LogP contribution in [0.25, 0.3) is 0 Å². The largest absolute Gasteiger partial charge is 0.339 e. The summed E-state index contributed by atoms with van der Waals surface area (Å²) in [5, 5.41) is 6.68. The Kier molecular flexibility index (Phi) is 4.52. The van der Waals surface area contributed by atoms with Crippen LogP contribution < -0.4 is 0 Å². The number of aryl methyl sites for hydroxylation is 1. The molecule has 0 aromatic carbocycles. The number of aromatic nitrogens is 2. The summed E-state index contributed by atoms with van der Waals surface area (Å²) in [6.07, 6.45) is 2.70. The van der Waals surface area contributed by atoms with E-state index < -0.39 is 0 Å². The third-order valence-corrected chi connectivity index (χ3v) is 2.96. The second-order valence-corrected chi connectivity index (χ2v) is 4.27. The zero-order valence-corrected chi connectivity index (χ0v) is 10.6. The molecule has 0 aliphatic rings. The van der Waals surface area contributed by atoms with Crippen LogP contribution in [0.3, 0.4) is 0 Å². The molecular weight excluding hydrogens is 202 g/mol. The molecule has 16 heavy (non-hydrogen) atoms. The number of aromatic amines is 1. The first-order valence-corrected chi connectivity index (χ1v) is 5.89. The normalized spacial score (nSPS) is 12.5. The van der Waals surface area contributed by atoms with E-state index in [0.29, 0.717) is 11.5 Å². The maximum atomic E-state index is 12.2. The minimum atomic E-state index is 0.0778. The van der Waals surface area contributed by atoms with Gasteiger partial charge in [0.2, 0.25) is 0 Å². The summed E-state index contributed by atoms with van der Waals surface area (Å²) in [7, 11) is 0. The number of rotatable bonds is 5. The van der Waals surface area contributed by atoms with E-state index in [1.807, 2.05) is 18.7 Å². The summed E-state index contributed by atoms with van der Waals surface area (Å²) in [5.74, 6) is 0.616. The van der Waals surface area contributed by atoms with Crippen molar-refractivity contribution in [3.63, 3.8) is 0 Å². The molecule has 1 N–H and O–H groups in total. The van der Waals surface area contributed by atoms with Gasteiger partial charge in [-0.15, -0.1) is 0 Å². The number of carbonyl (C=O) groups excluding carboxylic acids is 1. The van der Waals surface area contributed by atoms with Crippen LogP contribution in [0.2, 0.25) is 0 Å². The Morgan fingerprint density at radius 1 is 1.56 bits per heavy atom. The van der Waals surface area contributed by atoms with Gasteiger partial charge in [-0.2, -0.15) is 5.10 Å². The second kappa shape index (κ2) is 5.68. The SMILES string of the molecule is CCC(C)CN(CC)C(=O)c1cn[nH]c1C. The first-order chi connectivity index (χ1) is 7.60. The number of carbonyl (C=O) groups is 1. The number of nitrogens with zero attached hydrogens (tertiary/aromatic N) is 2. The fraction of sp³-hybridized carbons (Fsp3) is 0.667. The van der Waals surface area contributed by atoms with Gasteiger partial charge < -0.3 is 4.90 Å². The van der Waals surface area contributed by atoms with Gasteiger partial charge in [0.1, 0.15) is 0 Å². The van der Waals surface area contributed by atoms with Crippen molar-refractivity contribution in [1.29, 1.82) is 0 Å². The summed E-state index contributed by atoms with van der Waals surface area (Å²) in [6.45, 7) is 9.75. The Bertz CT molecular complexity index is 346. The van der Waals surface area contributed by atoms with Gasteiger partial charge in [0, 0.05) is 18.8 Å². The van der Waals surface area contributed by atoms with Gasteiger partial charge in [0.05, 0.1) is 11.8 Å². The van der Waals surface area contributed by atoms with Gasteiger partial charge in [-0.1, -0.05) is 20.3 Å². The molecule has 90 valence electrons. The van der Waals surface area contributed by atoms with Crippen molar-refractivity contribution in [1.82, 2.24) is 15.1 Å². The molecule has 4 heteroatoms. The van der Waals surface area contributed by atoms with Crippen molar-refractivity contribution in [2.75, 3.05) is 13.1 Å². The molecule has 0 spiro atoms. The van der Waals surface area contributed by atoms with Crippen LogP contribution in [-0.4, -0.2) is 34.1 Å². The van der Waals surface area contributed by atoms with E-state index in [1.54, 1.807) is 6.20 Å². The van der Waals surface area contributed by atoms with Crippen LogP contribution in [0.1, 0.15) is 43.2 Å². The van der Waals surface area contributed by atoms with Crippen LogP contribution in [0.5, 0.6) is 0 Å². The van der Waals surface area contributed by atoms with Crippen molar-refractivity contribution in [2.24, 2.45) is 5.92 Å². The monoisotopic (exact) mass is 223 g/mol. The molecule has 1 aromatic heterocycles. The fourth-order valence-electron chi connectivity index (χ4n) is 1.60. The van der Waals surface area contributed by atoms with Gasteiger partial charge in [-0.3, -0.25) is 9.89 Å². The third-order valence-electron chi connectivity index (χ3n) is 2.96. The van der Waals surface area contributed by atoms with Crippen molar-refractivity contribution >= 4 is 5.91 Å². The second-order valence-electron chi connectivity index (χ2n) is 4.27. The van der Waals surface area contributed by atoms with Crippen LogP contribution in [0.4, 0.5) is 0 Å². The average Bonchev–Trinajstić information content (AvgIpc) is 2.71. The average molecular weight is 223 g/mol. The Hall–Kier alpha value is -1.32. The Labute approximate surface area is 97.0 Å². The summed E-state index contributed by atoms with van der Waals surface area (Å²) in [6, 6.07) is 0. The Balaban J connectivity index is 2.74. The van der Waals surface area contributed by atoms with Gasteiger partial charge in [0.15, 0.2) is 0 Å². The maximum absolute atomic E-state index is 12.2. The molecule has 0 bridgehead atoms. The first kappa shape index (κ1) is 12.7. The van der Waals surface area contributed by atoms with Crippen molar-refractivity contribution in [3.8, 4) is 0 Å². The van der Waals surface area contributed by atoms with Crippen LogP contribution in [-0.2, 0) is 0 Å². The zero-order chi connectivity index (χ0) is 12.1. The highest BCUT2D eigenvalue weighted by molar-refractivity contribution is 5.94. The van der Waals surface area contributed by atoms with E-state index >= 15 is 0 Å². The molecule has 0 saturated heterocycles. The van der Waals surface area contributed by atoms with E-state index in [1.165, 1.54) is 0 Å². The molecule has 0 aliphatic carbocycles. The lowest BCUT2D eigenvalue weighted by Gasteiger charge is -2.23. The Morgan fingerprint density at radius 3 is 2.69 bits per heavy atom. The van der Waals surface area contributed by atoms with E-state index in [9.17, 15) is 4.79 Å².